The molecule has 0 unspecified atom stereocenters. The molecule has 2 heterocycles. The Bertz CT molecular complexity index is 545. The van der Waals surface area contributed by atoms with Crippen LogP contribution in [-0.2, 0) is 14.3 Å². The van der Waals surface area contributed by atoms with Crippen molar-refractivity contribution in [3.8, 4) is 0 Å². The fourth-order valence-corrected chi connectivity index (χ4v) is 3.64. The second-order valence-corrected chi connectivity index (χ2v) is 7.25. The molecule has 1 aliphatic rings. The lowest BCUT2D eigenvalue weighted by atomic mass is 9.92. The van der Waals surface area contributed by atoms with Crippen molar-refractivity contribution in [1.29, 1.82) is 0 Å². The van der Waals surface area contributed by atoms with Crippen LogP contribution >= 0.6 is 11.3 Å². The Balaban J connectivity index is 1.69. The molecule has 1 aliphatic heterocycles. The van der Waals surface area contributed by atoms with E-state index < -0.39 is 5.97 Å². The van der Waals surface area contributed by atoms with Gasteiger partial charge in [0, 0.05) is 19.5 Å². The molecule has 0 aliphatic carbocycles. The predicted molar refractivity (Wildman–Crippen MR) is 88.4 cm³/mol. The van der Waals surface area contributed by atoms with Gasteiger partial charge in [-0.15, -0.1) is 11.3 Å². The first-order valence-electron chi connectivity index (χ1n) is 7.95. The molecular weight excluding hydrogens is 314 g/mol. The summed E-state index contributed by atoms with van der Waals surface area (Å²) in [5.41, 5.74) is 0. The molecule has 1 aromatic rings. The largest absolute Gasteiger partial charge is 0.456 e. The second-order valence-electron chi connectivity index (χ2n) is 6.31. The highest BCUT2D eigenvalue weighted by atomic mass is 32.1. The third-order valence-electron chi connectivity index (χ3n) is 3.93. The maximum absolute atomic E-state index is 12.1. The summed E-state index contributed by atoms with van der Waals surface area (Å²) >= 11 is 1.36. The van der Waals surface area contributed by atoms with Crippen molar-refractivity contribution in [3.05, 3.63) is 22.4 Å². The zero-order chi connectivity index (χ0) is 16.8. The van der Waals surface area contributed by atoms with E-state index in [1.165, 1.54) is 11.3 Å². The number of rotatable bonds is 6. The van der Waals surface area contributed by atoms with E-state index in [4.69, 9.17) is 4.74 Å². The van der Waals surface area contributed by atoms with E-state index in [1.807, 2.05) is 5.38 Å². The van der Waals surface area contributed by atoms with E-state index in [9.17, 15) is 14.4 Å². The van der Waals surface area contributed by atoms with Crippen molar-refractivity contribution in [2.45, 2.75) is 33.1 Å². The summed E-state index contributed by atoms with van der Waals surface area (Å²) in [7, 11) is 0. The van der Waals surface area contributed by atoms with Gasteiger partial charge in [-0.05, 0) is 29.7 Å². The standard InChI is InChI=1S/C17H23NO4S/c1-12-8-13(2)10-18(9-12)16(20)11-22-17(21)6-5-14(19)15-4-3-7-23-15/h3-4,7,12-13H,5-6,8-11H2,1-2H3/t12-,13-/m1/s1. The summed E-state index contributed by atoms with van der Waals surface area (Å²) in [6, 6.07) is 3.54. The van der Waals surface area contributed by atoms with Crippen molar-refractivity contribution >= 4 is 29.0 Å². The lowest BCUT2D eigenvalue weighted by molar-refractivity contribution is -0.153. The van der Waals surface area contributed by atoms with E-state index in [-0.39, 0.29) is 31.1 Å². The zero-order valence-corrected chi connectivity index (χ0v) is 14.4. The average Bonchev–Trinajstić information content (AvgIpc) is 3.03. The zero-order valence-electron chi connectivity index (χ0n) is 13.6. The monoisotopic (exact) mass is 337 g/mol. The molecule has 0 bridgehead atoms. The first-order valence-corrected chi connectivity index (χ1v) is 8.83. The fourth-order valence-electron chi connectivity index (χ4n) is 2.95. The van der Waals surface area contributed by atoms with Crippen LogP contribution < -0.4 is 0 Å². The van der Waals surface area contributed by atoms with Gasteiger partial charge < -0.3 is 9.64 Å². The molecule has 126 valence electrons. The first-order chi connectivity index (χ1) is 11.0. The minimum absolute atomic E-state index is 0.0107. The fraction of sp³-hybridized carbons (Fsp3) is 0.588. The van der Waals surface area contributed by atoms with E-state index in [0.29, 0.717) is 16.7 Å². The number of hydrogen-bond acceptors (Lipinski definition) is 5. The molecule has 0 aromatic carbocycles. The molecule has 2 atom stereocenters. The van der Waals surface area contributed by atoms with Gasteiger partial charge in [0.15, 0.2) is 12.4 Å². The van der Waals surface area contributed by atoms with Crippen molar-refractivity contribution in [3.63, 3.8) is 0 Å². The molecule has 0 spiro atoms. The quantitative estimate of drug-likeness (QED) is 0.591. The predicted octanol–water partition coefficient (Wildman–Crippen LogP) is 2.76. The number of hydrogen-bond donors (Lipinski definition) is 0. The van der Waals surface area contributed by atoms with Crippen LogP contribution in [0.15, 0.2) is 17.5 Å². The molecule has 2 rings (SSSR count). The third kappa shape index (κ3) is 5.46. The van der Waals surface area contributed by atoms with Gasteiger partial charge in [-0.2, -0.15) is 0 Å². The first kappa shape index (κ1) is 17.7. The average molecular weight is 337 g/mol. The van der Waals surface area contributed by atoms with Gasteiger partial charge in [0.1, 0.15) is 0 Å². The van der Waals surface area contributed by atoms with Crippen molar-refractivity contribution in [2.24, 2.45) is 11.8 Å². The highest BCUT2D eigenvalue weighted by Gasteiger charge is 2.25. The van der Waals surface area contributed by atoms with E-state index in [0.717, 1.165) is 19.5 Å². The Hall–Kier alpha value is -1.69. The normalized spacial score (nSPS) is 21.0. The van der Waals surface area contributed by atoms with Crippen LogP contribution in [0.2, 0.25) is 0 Å². The van der Waals surface area contributed by atoms with Gasteiger partial charge in [0.2, 0.25) is 0 Å². The Morgan fingerprint density at radius 2 is 1.91 bits per heavy atom. The van der Waals surface area contributed by atoms with Gasteiger partial charge in [0.25, 0.3) is 5.91 Å². The van der Waals surface area contributed by atoms with Crippen LogP contribution in [0.25, 0.3) is 0 Å². The van der Waals surface area contributed by atoms with Crippen LogP contribution in [0.3, 0.4) is 0 Å². The number of carbonyl (C=O) groups excluding carboxylic acids is 3. The number of esters is 1. The molecule has 6 heteroatoms. The van der Waals surface area contributed by atoms with Gasteiger partial charge in [0.05, 0.1) is 11.3 Å². The third-order valence-corrected chi connectivity index (χ3v) is 4.84. The highest BCUT2D eigenvalue weighted by molar-refractivity contribution is 7.12. The molecule has 0 saturated carbocycles. The van der Waals surface area contributed by atoms with E-state index in [1.54, 1.807) is 17.0 Å². The molecule has 0 N–H and O–H groups in total. The Morgan fingerprint density at radius 1 is 1.22 bits per heavy atom. The van der Waals surface area contributed by atoms with Crippen molar-refractivity contribution in [1.82, 2.24) is 4.90 Å². The number of piperidine rings is 1. The summed E-state index contributed by atoms with van der Waals surface area (Å²) < 4.78 is 5.02. The molecule has 1 amide bonds. The second kappa shape index (κ2) is 8.24. The summed E-state index contributed by atoms with van der Waals surface area (Å²) in [6.07, 6.45) is 1.25. The molecular formula is C17H23NO4S. The highest BCUT2D eigenvalue weighted by Crippen LogP contribution is 2.21. The molecule has 1 saturated heterocycles. The maximum Gasteiger partial charge on any atom is 0.306 e. The van der Waals surface area contributed by atoms with E-state index in [2.05, 4.69) is 13.8 Å². The van der Waals surface area contributed by atoms with Gasteiger partial charge in [-0.1, -0.05) is 19.9 Å². The minimum Gasteiger partial charge on any atom is -0.456 e. The molecule has 1 fully saturated rings. The summed E-state index contributed by atoms with van der Waals surface area (Å²) in [4.78, 5) is 38.0. The van der Waals surface area contributed by atoms with Crippen molar-refractivity contribution in [2.75, 3.05) is 19.7 Å². The SMILES string of the molecule is C[C@@H]1C[C@@H](C)CN(C(=O)COC(=O)CCC(=O)c2cccs2)C1. The van der Waals surface area contributed by atoms with Crippen LogP contribution in [0.5, 0.6) is 0 Å². The molecule has 5 nitrogen and oxygen atoms in total. The number of ketones is 1. The van der Waals surface area contributed by atoms with Gasteiger partial charge >= 0.3 is 5.97 Å². The summed E-state index contributed by atoms with van der Waals surface area (Å²) in [5.74, 6) is 0.230. The summed E-state index contributed by atoms with van der Waals surface area (Å²) in [6.45, 7) is 5.46. The van der Waals surface area contributed by atoms with Crippen LogP contribution in [0.4, 0.5) is 0 Å². The van der Waals surface area contributed by atoms with Gasteiger partial charge in [-0.3, -0.25) is 14.4 Å². The van der Waals surface area contributed by atoms with Gasteiger partial charge in [-0.25, -0.2) is 0 Å². The maximum atomic E-state index is 12.1. The molecule has 0 radical (unpaired) electrons. The molecule has 23 heavy (non-hydrogen) atoms. The number of carbonyl (C=O) groups is 3. The Labute approximate surface area is 140 Å². The lowest BCUT2D eigenvalue weighted by Gasteiger charge is -2.34. The van der Waals surface area contributed by atoms with Crippen LogP contribution in [-0.4, -0.2) is 42.3 Å². The van der Waals surface area contributed by atoms with Crippen LogP contribution in [0, 0.1) is 11.8 Å². The Kier molecular flexibility index (Phi) is 6.33. The number of ether oxygens (including phenoxy) is 1. The van der Waals surface area contributed by atoms with Crippen LogP contribution in [0.1, 0.15) is 42.8 Å². The smallest absolute Gasteiger partial charge is 0.306 e. The Morgan fingerprint density at radius 3 is 2.52 bits per heavy atom. The number of amides is 1. The lowest BCUT2D eigenvalue weighted by Crippen LogP contribution is -2.44. The number of thiophene rings is 1. The van der Waals surface area contributed by atoms with Crippen molar-refractivity contribution < 1.29 is 19.1 Å². The topological polar surface area (TPSA) is 63.7 Å². The molecule has 1 aromatic heterocycles. The number of likely N-dealkylation sites (tertiary alicyclic amines) is 1. The number of Topliss-reactive ketones (excluding diaryl/α,β-unsaturated/α-hetero) is 1. The number of nitrogens with zero attached hydrogens (tertiary/aromatic N) is 1. The summed E-state index contributed by atoms with van der Waals surface area (Å²) in [5, 5.41) is 1.82. The van der Waals surface area contributed by atoms with E-state index >= 15 is 0 Å². The minimum atomic E-state index is -0.499.